The summed E-state index contributed by atoms with van der Waals surface area (Å²) in [5.41, 5.74) is 0. The van der Waals surface area contributed by atoms with Crippen molar-refractivity contribution in [3.8, 4) is 0 Å². The highest BCUT2D eigenvalue weighted by atomic mass is 16.5. The van der Waals surface area contributed by atoms with Crippen LogP contribution in [0.2, 0.25) is 0 Å². The minimum atomic E-state index is -0.0623. The highest BCUT2D eigenvalue weighted by Gasteiger charge is 2.23. The van der Waals surface area contributed by atoms with Crippen LogP contribution < -0.4 is 0 Å². The number of carbonyl (C=O) groups is 2. The molecule has 1 aliphatic heterocycles. The average Bonchev–Trinajstić information content (AvgIpc) is 2.87. The van der Waals surface area contributed by atoms with Gasteiger partial charge in [-0.15, -0.1) is 0 Å². The number of amides is 2. The molecule has 19 heavy (non-hydrogen) atoms. The number of unbranched alkanes of at least 4 members (excludes halogenated alkanes) is 1. The van der Waals surface area contributed by atoms with E-state index in [4.69, 9.17) is 4.74 Å². The third kappa shape index (κ3) is 5.59. The maximum atomic E-state index is 12.0. The molecule has 1 saturated heterocycles. The van der Waals surface area contributed by atoms with E-state index >= 15 is 0 Å². The Hall–Kier alpha value is -1.10. The zero-order valence-electron chi connectivity index (χ0n) is 12.4. The van der Waals surface area contributed by atoms with Crippen LogP contribution in [0.5, 0.6) is 0 Å². The molecule has 0 aromatic heterocycles. The van der Waals surface area contributed by atoms with E-state index in [-0.39, 0.29) is 24.5 Å². The lowest BCUT2D eigenvalue weighted by atomic mass is 10.2. The number of hydrogen-bond acceptors (Lipinski definition) is 3. The Balaban J connectivity index is 2.43. The van der Waals surface area contributed by atoms with E-state index in [2.05, 4.69) is 6.92 Å². The number of nitrogens with zero attached hydrogens (tertiary/aromatic N) is 2. The van der Waals surface area contributed by atoms with Crippen molar-refractivity contribution in [2.24, 2.45) is 0 Å². The molecule has 1 aliphatic rings. The molecular formula is C14H26N2O3. The number of carbonyl (C=O) groups excluding carboxylic acids is 2. The van der Waals surface area contributed by atoms with E-state index in [1.807, 2.05) is 0 Å². The van der Waals surface area contributed by atoms with Crippen LogP contribution in [0.25, 0.3) is 0 Å². The Morgan fingerprint density at radius 2 is 2.11 bits per heavy atom. The van der Waals surface area contributed by atoms with Gasteiger partial charge in [0.2, 0.25) is 11.8 Å². The molecule has 5 heteroatoms. The Labute approximate surface area is 115 Å². The highest BCUT2D eigenvalue weighted by Crippen LogP contribution is 2.13. The Bertz CT molecular complexity index is 301. The van der Waals surface area contributed by atoms with E-state index < -0.39 is 0 Å². The summed E-state index contributed by atoms with van der Waals surface area (Å²) >= 11 is 0. The molecule has 0 spiro atoms. The molecule has 1 rings (SSSR count). The lowest BCUT2D eigenvalue weighted by Gasteiger charge is -2.26. The summed E-state index contributed by atoms with van der Waals surface area (Å²) in [7, 11) is 1.79. The van der Waals surface area contributed by atoms with Crippen LogP contribution in [-0.2, 0) is 14.3 Å². The standard InChI is InChI=1S/C14H26N2O3/c1-4-5-8-15(3)14(18)11-16(12(2)17)10-13-7-6-9-19-13/h13H,4-11H2,1-3H3. The number of ether oxygens (including phenoxy) is 1. The number of rotatable bonds is 7. The summed E-state index contributed by atoms with van der Waals surface area (Å²) < 4.78 is 5.52. The molecule has 1 atom stereocenters. The lowest BCUT2D eigenvalue weighted by molar-refractivity contribution is -0.139. The lowest BCUT2D eigenvalue weighted by Crippen LogP contribution is -2.43. The quantitative estimate of drug-likeness (QED) is 0.700. The molecule has 110 valence electrons. The fourth-order valence-electron chi connectivity index (χ4n) is 2.14. The molecule has 0 saturated carbocycles. The van der Waals surface area contributed by atoms with Gasteiger partial charge in [0.15, 0.2) is 0 Å². The van der Waals surface area contributed by atoms with E-state index in [1.54, 1.807) is 16.8 Å². The van der Waals surface area contributed by atoms with Gasteiger partial charge in [-0.05, 0) is 19.3 Å². The van der Waals surface area contributed by atoms with Crippen molar-refractivity contribution < 1.29 is 14.3 Å². The van der Waals surface area contributed by atoms with Crippen molar-refractivity contribution in [3.63, 3.8) is 0 Å². The van der Waals surface area contributed by atoms with Crippen LogP contribution in [0.1, 0.15) is 39.5 Å². The molecule has 1 heterocycles. The normalized spacial score (nSPS) is 18.4. The third-order valence-electron chi connectivity index (χ3n) is 3.49. The molecular weight excluding hydrogens is 244 g/mol. The number of likely N-dealkylation sites (N-methyl/N-ethyl adjacent to an activating group) is 1. The first-order chi connectivity index (χ1) is 9.04. The van der Waals surface area contributed by atoms with Gasteiger partial charge in [-0.25, -0.2) is 0 Å². The minimum absolute atomic E-state index is 0.00152. The van der Waals surface area contributed by atoms with Gasteiger partial charge >= 0.3 is 0 Å². The Kier molecular flexibility index (Phi) is 6.84. The summed E-state index contributed by atoms with van der Waals surface area (Å²) in [6.07, 6.45) is 4.17. The predicted octanol–water partition coefficient (Wildman–Crippen LogP) is 1.27. The van der Waals surface area contributed by atoms with Gasteiger partial charge in [-0.1, -0.05) is 13.3 Å². The van der Waals surface area contributed by atoms with Crippen LogP contribution in [0.4, 0.5) is 0 Å². The summed E-state index contributed by atoms with van der Waals surface area (Å²) in [5, 5.41) is 0. The molecule has 1 fully saturated rings. The van der Waals surface area contributed by atoms with Crippen LogP contribution in [0.15, 0.2) is 0 Å². The predicted molar refractivity (Wildman–Crippen MR) is 73.8 cm³/mol. The van der Waals surface area contributed by atoms with Crippen LogP contribution in [-0.4, -0.2) is 61.0 Å². The maximum Gasteiger partial charge on any atom is 0.241 e. The molecule has 1 unspecified atom stereocenters. The van der Waals surface area contributed by atoms with Crippen molar-refractivity contribution in [2.75, 3.05) is 33.3 Å². The average molecular weight is 270 g/mol. The zero-order valence-corrected chi connectivity index (χ0v) is 12.4. The van der Waals surface area contributed by atoms with E-state index in [9.17, 15) is 9.59 Å². The first-order valence-electron chi connectivity index (χ1n) is 7.15. The first kappa shape index (κ1) is 16.0. The molecule has 0 aromatic rings. The summed E-state index contributed by atoms with van der Waals surface area (Å²) in [5.74, 6) is -0.0608. The summed E-state index contributed by atoms with van der Waals surface area (Å²) in [6, 6.07) is 0. The van der Waals surface area contributed by atoms with Crippen molar-refractivity contribution in [1.29, 1.82) is 0 Å². The van der Waals surface area contributed by atoms with Gasteiger partial charge in [0, 0.05) is 33.7 Å². The molecule has 0 aliphatic carbocycles. The second kappa shape index (κ2) is 8.15. The van der Waals surface area contributed by atoms with E-state index in [1.165, 1.54) is 6.92 Å². The van der Waals surface area contributed by atoms with Crippen molar-refractivity contribution in [3.05, 3.63) is 0 Å². The molecule has 0 radical (unpaired) electrons. The molecule has 0 bridgehead atoms. The topological polar surface area (TPSA) is 49.9 Å². The van der Waals surface area contributed by atoms with Gasteiger partial charge in [0.25, 0.3) is 0 Å². The van der Waals surface area contributed by atoms with Crippen LogP contribution in [0, 0.1) is 0 Å². The van der Waals surface area contributed by atoms with Gasteiger partial charge in [-0.3, -0.25) is 9.59 Å². The SMILES string of the molecule is CCCCN(C)C(=O)CN(CC1CCCO1)C(C)=O. The smallest absolute Gasteiger partial charge is 0.241 e. The van der Waals surface area contributed by atoms with Crippen molar-refractivity contribution in [1.82, 2.24) is 9.80 Å². The highest BCUT2D eigenvalue weighted by molar-refractivity contribution is 5.83. The third-order valence-corrected chi connectivity index (χ3v) is 3.49. The zero-order chi connectivity index (χ0) is 14.3. The second-order valence-corrected chi connectivity index (χ2v) is 5.20. The molecule has 0 N–H and O–H groups in total. The first-order valence-corrected chi connectivity index (χ1v) is 7.15. The molecule has 0 aromatic carbocycles. The molecule has 5 nitrogen and oxygen atoms in total. The van der Waals surface area contributed by atoms with Gasteiger partial charge in [-0.2, -0.15) is 0 Å². The summed E-state index contributed by atoms with van der Waals surface area (Å²) in [6.45, 7) is 5.81. The number of hydrogen-bond donors (Lipinski definition) is 0. The largest absolute Gasteiger partial charge is 0.376 e. The van der Waals surface area contributed by atoms with E-state index in [0.717, 1.165) is 38.8 Å². The second-order valence-electron chi connectivity index (χ2n) is 5.20. The van der Waals surface area contributed by atoms with Crippen molar-refractivity contribution >= 4 is 11.8 Å². The van der Waals surface area contributed by atoms with Crippen LogP contribution >= 0.6 is 0 Å². The fraction of sp³-hybridized carbons (Fsp3) is 0.857. The van der Waals surface area contributed by atoms with Crippen LogP contribution in [0.3, 0.4) is 0 Å². The van der Waals surface area contributed by atoms with Crippen molar-refractivity contribution in [2.45, 2.75) is 45.6 Å². The van der Waals surface area contributed by atoms with Gasteiger partial charge in [0.1, 0.15) is 0 Å². The van der Waals surface area contributed by atoms with E-state index in [0.29, 0.717) is 6.54 Å². The summed E-state index contributed by atoms with van der Waals surface area (Å²) in [4.78, 5) is 26.9. The molecule has 2 amide bonds. The Morgan fingerprint density at radius 3 is 2.63 bits per heavy atom. The fourth-order valence-corrected chi connectivity index (χ4v) is 2.14. The van der Waals surface area contributed by atoms with Gasteiger partial charge in [0.05, 0.1) is 12.6 Å². The monoisotopic (exact) mass is 270 g/mol. The Morgan fingerprint density at radius 1 is 1.37 bits per heavy atom. The maximum absolute atomic E-state index is 12.0. The minimum Gasteiger partial charge on any atom is -0.376 e. The van der Waals surface area contributed by atoms with Gasteiger partial charge < -0.3 is 14.5 Å².